The van der Waals surface area contributed by atoms with Crippen LogP contribution in [0.1, 0.15) is 18.4 Å². The molecule has 0 unspecified atom stereocenters. The van der Waals surface area contributed by atoms with Crippen LogP contribution in [0.15, 0.2) is 42.6 Å². The highest BCUT2D eigenvalue weighted by atomic mass is 16.2. The smallest absolute Gasteiger partial charge is 0.227 e. The van der Waals surface area contributed by atoms with Crippen molar-refractivity contribution in [2.24, 2.45) is 5.92 Å². The molecule has 0 spiro atoms. The number of aromatic nitrogens is 1. The normalized spacial score (nSPS) is 17.5. The van der Waals surface area contributed by atoms with Crippen LogP contribution in [0.5, 0.6) is 0 Å². The summed E-state index contributed by atoms with van der Waals surface area (Å²) in [6.07, 6.45) is 3.80. The minimum atomic E-state index is 0.126. The number of carbonyl (C=O) groups excluding carboxylic acids is 1. The van der Waals surface area contributed by atoms with Crippen molar-refractivity contribution in [1.29, 1.82) is 0 Å². The number of carbonyl (C=O) groups is 1. The van der Waals surface area contributed by atoms with Crippen LogP contribution < -0.4 is 15.1 Å². The molecule has 0 atom stereocenters. The Hall–Kier alpha value is -2.56. The molecule has 2 aromatic rings. The lowest BCUT2D eigenvalue weighted by atomic mass is 10.2. The van der Waals surface area contributed by atoms with Crippen LogP contribution in [0.25, 0.3) is 0 Å². The maximum absolute atomic E-state index is 11.8. The molecule has 25 heavy (non-hydrogen) atoms. The lowest BCUT2D eigenvalue weighted by Crippen LogP contribution is -2.46. The number of aryl methyl sites for hydroxylation is 1. The monoisotopic (exact) mass is 336 g/mol. The molecular formula is C20H24N4O. The molecular weight excluding hydrogens is 312 g/mol. The predicted molar refractivity (Wildman–Crippen MR) is 101 cm³/mol. The molecule has 1 saturated heterocycles. The molecule has 4 rings (SSSR count). The Balaban J connectivity index is 1.35. The van der Waals surface area contributed by atoms with Crippen LogP contribution in [0, 0.1) is 12.8 Å². The Labute approximate surface area is 148 Å². The third-order valence-corrected chi connectivity index (χ3v) is 4.93. The number of rotatable bonds is 4. The third kappa shape index (κ3) is 3.76. The lowest BCUT2D eigenvalue weighted by Gasteiger charge is -2.36. The van der Waals surface area contributed by atoms with Gasteiger partial charge in [0.25, 0.3) is 0 Å². The van der Waals surface area contributed by atoms with E-state index in [1.807, 2.05) is 12.1 Å². The van der Waals surface area contributed by atoms with Gasteiger partial charge in [0.15, 0.2) is 0 Å². The minimum absolute atomic E-state index is 0.126. The Morgan fingerprint density at radius 2 is 1.84 bits per heavy atom. The summed E-state index contributed by atoms with van der Waals surface area (Å²) in [6.45, 7) is 6.02. The first kappa shape index (κ1) is 15.9. The van der Waals surface area contributed by atoms with E-state index in [9.17, 15) is 4.79 Å². The highest BCUT2D eigenvalue weighted by molar-refractivity contribution is 5.93. The molecule has 1 aromatic carbocycles. The van der Waals surface area contributed by atoms with Crippen molar-refractivity contribution >= 4 is 23.1 Å². The first-order chi connectivity index (χ1) is 12.2. The van der Waals surface area contributed by atoms with Gasteiger partial charge in [0, 0.05) is 37.8 Å². The van der Waals surface area contributed by atoms with E-state index in [1.54, 1.807) is 6.20 Å². The number of nitrogens with zero attached hydrogens (tertiary/aromatic N) is 3. The summed E-state index contributed by atoms with van der Waals surface area (Å²) >= 11 is 0. The van der Waals surface area contributed by atoms with Crippen LogP contribution in [-0.2, 0) is 4.79 Å². The number of pyridine rings is 1. The number of hydrogen-bond donors (Lipinski definition) is 1. The number of piperazine rings is 1. The van der Waals surface area contributed by atoms with Crippen molar-refractivity contribution in [1.82, 2.24) is 4.98 Å². The number of anilines is 3. The highest BCUT2D eigenvalue weighted by Gasteiger charge is 2.29. The number of benzene rings is 1. The first-order valence-corrected chi connectivity index (χ1v) is 9.02. The fraction of sp³-hybridized carbons (Fsp3) is 0.400. The average Bonchev–Trinajstić information content (AvgIpc) is 3.48. The van der Waals surface area contributed by atoms with Gasteiger partial charge in [-0.15, -0.1) is 0 Å². The average molecular weight is 336 g/mol. The van der Waals surface area contributed by atoms with E-state index >= 15 is 0 Å². The van der Waals surface area contributed by atoms with Crippen molar-refractivity contribution < 1.29 is 4.79 Å². The van der Waals surface area contributed by atoms with Gasteiger partial charge < -0.3 is 15.1 Å². The third-order valence-electron chi connectivity index (χ3n) is 4.93. The molecule has 2 heterocycles. The Kier molecular flexibility index (Phi) is 4.30. The van der Waals surface area contributed by atoms with Gasteiger partial charge in [0.05, 0.1) is 11.9 Å². The molecule has 1 amide bonds. The molecule has 2 aliphatic rings. The maximum Gasteiger partial charge on any atom is 0.227 e. The van der Waals surface area contributed by atoms with E-state index in [4.69, 9.17) is 0 Å². The van der Waals surface area contributed by atoms with E-state index in [-0.39, 0.29) is 11.8 Å². The highest BCUT2D eigenvalue weighted by Crippen LogP contribution is 2.30. The Morgan fingerprint density at radius 3 is 2.48 bits per heavy atom. The molecule has 5 nitrogen and oxygen atoms in total. The molecule has 1 aliphatic carbocycles. The van der Waals surface area contributed by atoms with E-state index < -0.39 is 0 Å². The molecule has 1 saturated carbocycles. The summed E-state index contributed by atoms with van der Waals surface area (Å²) in [4.78, 5) is 21.1. The van der Waals surface area contributed by atoms with Gasteiger partial charge in [-0.2, -0.15) is 0 Å². The van der Waals surface area contributed by atoms with Crippen molar-refractivity contribution in [3.8, 4) is 0 Å². The van der Waals surface area contributed by atoms with E-state index in [2.05, 4.69) is 51.3 Å². The fourth-order valence-electron chi connectivity index (χ4n) is 3.26. The van der Waals surface area contributed by atoms with Gasteiger partial charge in [-0.25, -0.2) is 4.98 Å². The summed E-state index contributed by atoms with van der Waals surface area (Å²) in [6, 6.07) is 12.6. The number of nitrogens with one attached hydrogen (secondary N) is 1. The van der Waals surface area contributed by atoms with E-state index in [1.165, 1.54) is 11.3 Å². The number of amides is 1. The molecule has 0 radical (unpaired) electrons. The van der Waals surface area contributed by atoms with Crippen LogP contribution >= 0.6 is 0 Å². The largest absolute Gasteiger partial charge is 0.368 e. The molecule has 1 N–H and O–H groups in total. The zero-order valence-corrected chi connectivity index (χ0v) is 14.6. The molecule has 1 aliphatic heterocycles. The Bertz CT molecular complexity index is 747. The second-order valence-electron chi connectivity index (χ2n) is 6.98. The van der Waals surface area contributed by atoms with Crippen LogP contribution in [0.2, 0.25) is 0 Å². The van der Waals surface area contributed by atoms with Gasteiger partial charge in [-0.1, -0.05) is 12.1 Å². The van der Waals surface area contributed by atoms with Gasteiger partial charge in [0.1, 0.15) is 5.82 Å². The predicted octanol–water partition coefficient (Wildman–Crippen LogP) is 3.07. The van der Waals surface area contributed by atoms with Crippen LogP contribution in [0.3, 0.4) is 0 Å². The summed E-state index contributed by atoms with van der Waals surface area (Å²) in [5, 5.41) is 2.94. The minimum Gasteiger partial charge on any atom is -0.368 e. The van der Waals surface area contributed by atoms with Crippen LogP contribution in [0.4, 0.5) is 17.2 Å². The number of hydrogen-bond acceptors (Lipinski definition) is 4. The zero-order chi connectivity index (χ0) is 17.2. The summed E-state index contributed by atoms with van der Waals surface area (Å²) < 4.78 is 0. The second-order valence-corrected chi connectivity index (χ2v) is 6.98. The standard InChI is InChI=1S/C20H24N4O/c1-15-3-2-4-18(13-15)23-9-11-24(12-10-23)19-8-7-17(14-21-19)22-20(25)16-5-6-16/h2-4,7-8,13-14,16H,5-6,9-12H2,1H3,(H,22,25). The van der Waals surface area contributed by atoms with Gasteiger partial charge in [0.2, 0.25) is 5.91 Å². The van der Waals surface area contributed by atoms with Gasteiger partial charge >= 0.3 is 0 Å². The van der Waals surface area contributed by atoms with Crippen LogP contribution in [-0.4, -0.2) is 37.1 Å². The van der Waals surface area contributed by atoms with Gasteiger partial charge in [-0.05, 0) is 49.6 Å². The van der Waals surface area contributed by atoms with Crippen molar-refractivity contribution in [3.05, 3.63) is 48.2 Å². The molecule has 130 valence electrons. The summed E-state index contributed by atoms with van der Waals surface area (Å²) in [5.74, 6) is 1.32. The second kappa shape index (κ2) is 6.75. The molecule has 5 heteroatoms. The SMILES string of the molecule is Cc1cccc(N2CCN(c3ccc(NC(=O)C4CC4)cn3)CC2)c1. The van der Waals surface area contributed by atoms with Gasteiger partial charge in [-0.3, -0.25) is 4.79 Å². The molecule has 2 fully saturated rings. The summed E-state index contributed by atoms with van der Waals surface area (Å²) in [5.41, 5.74) is 3.38. The van der Waals surface area contributed by atoms with Crippen molar-refractivity contribution in [2.75, 3.05) is 41.3 Å². The quantitative estimate of drug-likeness (QED) is 0.932. The molecule has 1 aromatic heterocycles. The Morgan fingerprint density at radius 1 is 1.08 bits per heavy atom. The van der Waals surface area contributed by atoms with Crippen molar-refractivity contribution in [3.63, 3.8) is 0 Å². The van der Waals surface area contributed by atoms with E-state index in [0.717, 1.165) is 50.5 Å². The molecule has 0 bridgehead atoms. The summed E-state index contributed by atoms with van der Waals surface area (Å²) in [7, 11) is 0. The van der Waals surface area contributed by atoms with Crippen molar-refractivity contribution in [2.45, 2.75) is 19.8 Å². The topological polar surface area (TPSA) is 48.5 Å². The first-order valence-electron chi connectivity index (χ1n) is 9.02. The van der Waals surface area contributed by atoms with E-state index in [0.29, 0.717) is 0 Å². The fourth-order valence-corrected chi connectivity index (χ4v) is 3.26. The zero-order valence-electron chi connectivity index (χ0n) is 14.6. The lowest BCUT2D eigenvalue weighted by molar-refractivity contribution is -0.117. The maximum atomic E-state index is 11.8.